The van der Waals surface area contributed by atoms with Crippen molar-refractivity contribution in [3.05, 3.63) is 376 Å². The molecule has 562 valence electrons. The molecular weight excluding hydrogens is 1630 g/mol. The molecule has 24 nitrogen and oxygen atoms in total. The van der Waals surface area contributed by atoms with Gasteiger partial charge in [0.2, 0.25) is 0 Å². The summed E-state index contributed by atoms with van der Waals surface area (Å²) in [5, 5.41) is 14.8. The summed E-state index contributed by atoms with van der Waals surface area (Å²) in [5.41, 5.74) is 14.2. The van der Waals surface area contributed by atoms with Crippen molar-refractivity contribution in [1.82, 2.24) is 90.4 Å². The normalized spacial score (nSPS) is 10.3. The number of pyridine rings is 16. The zero-order valence-electron chi connectivity index (χ0n) is 61.4. The van der Waals surface area contributed by atoms with Crippen LogP contribution in [-0.4, -0.2) is 116 Å². The number of fused-ring (bicyclic) bond motifs is 6. The van der Waals surface area contributed by atoms with Crippen LogP contribution in [0.2, 0.25) is 0 Å². The van der Waals surface area contributed by atoms with Crippen molar-refractivity contribution in [2.45, 2.75) is 0 Å². The summed E-state index contributed by atoms with van der Waals surface area (Å²) in [6.45, 7) is 0.252. The van der Waals surface area contributed by atoms with Crippen LogP contribution in [0.4, 0.5) is 11.4 Å². The van der Waals surface area contributed by atoms with Gasteiger partial charge in [-0.1, -0.05) is 60.7 Å². The van der Waals surface area contributed by atoms with Gasteiger partial charge in [0.15, 0.2) is 0 Å². The topological polar surface area (TPSA) is 323 Å². The van der Waals surface area contributed by atoms with Crippen LogP contribution in [0.15, 0.2) is 354 Å². The monoisotopic (exact) mass is 1690 g/mol. The number of carbonyl (C=O) groups excluding carboxylic acids is 4. The van der Waals surface area contributed by atoms with Crippen molar-refractivity contribution in [2.24, 2.45) is 0 Å². The first-order chi connectivity index (χ1) is 56.2. The minimum absolute atomic E-state index is 0. The second kappa shape index (κ2) is 40.8. The summed E-state index contributed by atoms with van der Waals surface area (Å²) >= 11 is 0. The Bertz CT molecular complexity index is 5610. The fraction of sp³-hybridized carbons (Fsp3) is 0.0222. The first-order valence-corrected chi connectivity index (χ1v) is 35.8. The third-order valence-electron chi connectivity index (χ3n) is 17.1. The molecule has 16 aromatic heterocycles. The van der Waals surface area contributed by atoms with Crippen LogP contribution in [0.25, 0.3) is 112 Å². The molecule has 4 N–H and O–H groups in total. The van der Waals surface area contributed by atoms with Crippen molar-refractivity contribution >= 4 is 78.6 Å². The third kappa shape index (κ3) is 21.2. The van der Waals surface area contributed by atoms with E-state index in [2.05, 4.69) is 101 Å². The van der Waals surface area contributed by atoms with E-state index in [1.54, 1.807) is 135 Å². The van der Waals surface area contributed by atoms with E-state index in [4.69, 9.17) is 0 Å². The van der Waals surface area contributed by atoms with Crippen molar-refractivity contribution in [3.8, 4) is 68.3 Å². The summed E-state index contributed by atoms with van der Waals surface area (Å²) in [6, 6.07) is 77.7. The second-order valence-electron chi connectivity index (χ2n) is 24.7. The third-order valence-corrected chi connectivity index (χ3v) is 17.1. The molecule has 0 bridgehead atoms. The fourth-order valence-corrected chi connectivity index (χ4v) is 11.7. The standard InChI is InChI=1S/C50H34N12O4.4C10H8N2.2Ru/c63-47(31-9-17-51-39(25-31)41-27-33(11-19-53-41)49(65)61-37-23-29-5-1-13-55-43(29)45-35(37)7-3-15-57-45)59-21-22-60-48(64)32-10-18-52-40(26-32)42-28-34(12-20-54-42)50(66)62-38-24-30-6-2-14-56-44(30)46-36(38)8-4-16-58-46;4*1-3-7-11-9(5-1)10-6-2-4-8-12-10;;/h1-20,23-28H,21-22H2,(H,59,63)(H,60,64)(H,61,65)(H,62,66);4*1-8H;;/q;;;;;2*+2. The minimum Gasteiger partial charge on any atom is -0.350 e. The molecule has 0 aliphatic carbocycles. The van der Waals surface area contributed by atoms with Gasteiger partial charge >= 0.3 is 39.0 Å². The van der Waals surface area contributed by atoms with E-state index in [-0.39, 0.29) is 63.9 Å². The van der Waals surface area contributed by atoms with Crippen LogP contribution in [-0.2, 0) is 39.0 Å². The van der Waals surface area contributed by atoms with Crippen molar-refractivity contribution in [2.75, 3.05) is 23.7 Å². The van der Waals surface area contributed by atoms with E-state index >= 15 is 0 Å². The van der Waals surface area contributed by atoms with Crippen LogP contribution in [0, 0.1) is 0 Å². The maximum Gasteiger partial charge on any atom is 2.00 e. The first kappa shape index (κ1) is 80.5. The number of hydrogen-bond donors (Lipinski definition) is 4. The number of carbonyl (C=O) groups is 4. The molecule has 26 heteroatoms. The van der Waals surface area contributed by atoms with E-state index in [0.717, 1.165) is 78.1 Å². The number of aromatic nitrogens is 16. The molecule has 0 aliphatic rings. The molecule has 18 rings (SSSR count). The maximum absolute atomic E-state index is 13.6. The Labute approximate surface area is 690 Å². The molecule has 116 heavy (non-hydrogen) atoms. The average Bonchev–Trinajstić information content (AvgIpc) is 0.777. The molecule has 0 saturated carbocycles. The van der Waals surface area contributed by atoms with E-state index in [1.807, 2.05) is 194 Å². The van der Waals surface area contributed by atoms with E-state index < -0.39 is 11.8 Å². The van der Waals surface area contributed by atoms with E-state index in [1.165, 1.54) is 24.8 Å². The van der Waals surface area contributed by atoms with Gasteiger partial charge in [0.25, 0.3) is 23.6 Å². The van der Waals surface area contributed by atoms with Gasteiger partial charge in [0.05, 0.1) is 102 Å². The molecule has 0 spiro atoms. The molecule has 16 heterocycles. The van der Waals surface area contributed by atoms with Gasteiger partial charge in [0, 0.05) is 156 Å². The Hall–Kier alpha value is -15.0. The first-order valence-electron chi connectivity index (χ1n) is 35.8. The van der Waals surface area contributed by atoms with Crippen LogP contribution in [0.1, 0.15) is 41.4 Å². The summed E-state index contributed by atoms with van der Waals surface area (Å²) in [4.78, 5) is 123. The van der Waals surface area contributed by atoms with E-state index in [9.17, 15) is 19.2 Å². The zero-order chi connectivity index (χ0) is 77.9. The van der Waals surface area contributed by atoms with Gasteiger partial charge in [-0.15, -0.1) is 0 Å². The molecule has 18 aromatic rings. The largest absolute Gasteiger partial charge is 2.00 e. The van der Waals surface area contributed by atoms with Gasteiger partial charge in [-0.05, 0) is 194 Å². The quantitative estimate of drug-likeness (QED) is 0.0421. The van der Waals surface area contributed by atoms with Crippen LogP contribution in [0.3, 0.4) is 0 Å². The zero-order valence-corrected chi connectivity index (χ0v) is 64.9. The number of benzene rings is 2. The molecule has 0 aliphatic heterocycles. The molecule has 0 unspecified atom stereocenters. The Morgan fingerprint density at radius 3 is 0.681 bits per heavy atom. The molecule has 0 fully saturated rings. The summed E-state index contributed by atoms with van der Waals surface area (Å²) in [6.07, 6.45) is 26.9. The summed E-state index contributed by atoms with van der Waals surface area (Å²) in [5.74, 6) is -1.51. The molecular formula is C90H66N20O4Ru2+4. The Morgan fingerprint density at radius 2 is 0.431 bits per heavy atom. The van der Waals surface area contributed by atoms with Crippen molar-refractivity contribution < 1.29 is 58.1 Å². The van der Waals surface area contributed by atoms with Crippen molar-refractivity contribution in [1.29, 1.82) is 0 Å². The van der Waals surface area contributed by atoms with E-state index in [0.29, 0.717) is 67.4 Å². The van der Waals surface area contributed by atoms with Gasteiger partial charge < -0.3 is 21.3 Å². The average molecular weight is 1690 g/mol. The van der Waals surface area contributed by atoms with Gasteiger partial charge in [-0.2, -0.15) is 0 Å². The van der Waals surface area contributed by atoms with Crippen LogP contribution < -0.4 is 21.3 Å². The number of hydrogen-bond acceptors (Lipinski definition) is 20. The van der Waals surface area contributed by atoms with Crippen LogP contribution in [0.5, 0.6) is 0 Å². The number of anilines is 2. The Morgan fingerprint density at radius 1 is 0.207 bits per heavy atom. The van der Waals surface area contributed by atoms with Gasteiger partial charge in [0.1, 0.15) is 0 Å². The minimum atomic E-state index is -0.392. The fourth-order valence-electron chi connectivity index (χ4n) is 11.7. The smallest absolute Gasteiger partial charge is 0.350 e. The Balaban J connectivity index is 0.000000195. The maximum atomic E-state index is 13.6. The SMILES string of the molecule is O=C(NCCNC(=O)c1ccnc(-c2cc(C(=O)Nc3cc4cccnc4c4ncccc34)ccn2)c1)c1ccnc(-c2cc(C(=O)Nc3cc4cccnc4c4ncccc34)ccn2)c1.[Ru+2].[Ru+2].c1ccc(-c2ccccn2)nc1.c1ccc(-c2ccccn2)nc1.c1ccc(-c2ccccn2)nc1.c1ccc(-c2ccccn2)nc1. The van der Waals surface area contributed by atoms with Crippen LogP contribution >= 0.6 is 0 Å². The van der Waals surface area contributed by atoms with Crippen molar-refractivity contribution in [3.63, 3.8) is 0 Å². The number of rotatable bonds is 15. The number of nitrogens with zero attached hydrogens (tertiary/aromatic N) is 16. The van der Waals surface area contributed by atoms with Gasteiger partial charge in [-0.25, -0.2) is 0 Å². The molecule has 2 aromatic carbocycles. The summed E-state index contributed by atoms with van der Waals surface area (Å²) in [7, 11) is 0. The Kier molecular flexibility index (Phi) is 28.3. The summed E-state index contributed by atoms with van der Waals surface area (Å²) < 4.78 is 0. The second-order valence-corrected chi connectivity index (χ2v) is 24.7. The predicted molar refractivity (Wildman–Crippen MR) is 439 cm³/mol. The predicted octanol–water partition coefficient (Wildman–Crippen LogP) is 16.0. The van der Waals surface area contributed by atoms with Gasteiger partial charge in [-0.3, -0.25) is 98.9 Å². The number of amides is 4. The molecule has 0 atom stereocenters. The molecule has 0 saturated heterocycles. The molecule has 4 amide bonds. The molecule has 0 radical (unpaired) electrons. The number of nitrogens with one attached hydrogen (secondary N) is 4.